The van der Waals surface area contributed by atoms with Gasteiger partial charge in [0, 0.05) is 23.5 Å². The summed E-state index contributed by atoms with van der Waals surface area (Å²) >= 11 is 1.85. The van der Waals surface area contributed by atoms with E-state index in [-0.39, 0.29) is 0 Å². The zero-order valence-corrected chi connectivity index (χ0v) is 11.4. The first-order valence-corrected chi connectivity index (χ1v) is 6.90. The summed E-state index contributed by atoms with van der Waals surface area (Å²) < 4.78 is 0. The number of aryl methyl sites for hydroxylation is 1. The molecule has 1 aliphatic rings. The van der Waals surface area contributed by atoms with Gasteiger partial charge in [0.25, 0.3) is 0 Å². The molecule has 0 amide bonds. The molecule has 4 heteroatoms. The van der Waals surface area contributed by atoms with Crippen LogP contribution in [0.2, 0.25) is 0 Å². The molecule has 2 rings (SSSR count). The van der Waals surface area contributed by atoms with Crippen molar-refractivity contribution in [1.29, 1.82) is 0 Å². The zero-order valence-electron chi connectivity index (χ0n) is 10.6. The summed E-state index contributed by atoms with van der Waals surface area (Å²) in [7, 11) is 2.00. The first kappa shape index (κ1) is 11.9. The van der Waals surface area contributed by atoms with E-state index >= 15 is 0 Å². The van der Waals surface area contributed by atoms with Gasteiger partial charge >= 0.3 is 0 Å². The lowest BCUT2D eigenvalue weighted by Gasteiger charge is -2.18. The Balaban J connectivity index is 2.21. The highest BCUT2D eigenvalue weighted by atomic mass is 32.1. The van der Waals surface area contributed by atoms with Crippen LogP contribution in [-0.2, 0) is 0 Å². The van der Waals surface area contributed by atoms with Crippen LogP contribution in [0.15, 0.2) is 0 Å². The predicted octanol–water partition coefficient (Wildman–Crippen LogP) is 2.72. The van der Waals surface area contributed by atoms with E-state index in [1.54, 1.807) is 0 Å². The molecule has 1 aromatic heterocycles. The summed E-state index contributed by atoms with van der Waals surface area (Å²) in [6.45, 7) is 7.60. The molecule has 1 aliphatic carbocycles. The predicted molar refractivity (Wildman–Crippen MR) is 70.4 cm³/mol. The van der Waals surface area contributed by atoms with Crippen LogP contribution in [0.5, 0.6) is 0 Å². The van der Waals surface area contributed by atoms with Crippen molar-refractivity contribution in [2.24, 2.45) is 0 Å². The van der Waals surface area contributed by atoms with E-state index in [2.05, 4.69) is 31.0 Å². The molecule has 0 aromatic carbocycles. The largest absolute Gasteiger partial charge is 0.345 e. The van der Waals surface area contributed by atoms with Crippen LogP contribution < -0.4 is 10.2 Å². The number of anilines is 1. The minimum absolute atomic E-state index is 0.407. The van der Waals surface area contributed by atoms with Gasteiger partial charge in [-0.05, 0) is 40.7 Å². The van der Waals surface area contributed by atoms with Crippen LogP contribution in [-0.4, -0.2) is 24.6 Å². The van der Waals surface area contributed by atoms with E-state index in [4.69, 9.17) is 4.98 Å². The minimum atomic E-state index is 0.407. The van der Waals surface area contributed by atoms with Gasteiger partial charge in [-0.1, -0.05) is 0 Å². The second kappa shape index (κ2) is 4.72. The van der Waals surface area contributed by atoms with Gasteiger partial charge in [0.05, 0.1) is 5.69 Å². The van der Waals surface area contributed by atoms with Crippen LogP contribution in [0.25, 0.3) is 0 Å². The number of hydrogen-bond acceptors (Lipinski definition) is 4. The molecule has 90 valence electrons. The van der Waals surface area contributed by atoms with E-state index < -0.39 is 0 Å². The van der Waals surface area contributed by atoms with Crippen LogP contribution in [0.4, 0.5) is 5.13 Å². The molecule has 16 heavy (non-hydrogen) atoms. The second-order valence-corrected chi connectivity index (χ2v) is 5.48. The Morgan fingerprint density at radius 1 is 1.56 bits per heavy atom. The molecule has 1 atom stereocenters. The maximum atomic E-state index is 4.72. The van der Waals surface area contributed by atoms with Gasteiger partial charge < -0.3 is 10.2 Å². The Labute approximate surface area is 102 Å². The van der Waals surface area contributed by atoms with E-state index in [1.807, 2.05) is 18.4 Å². The fourth-order valence-electron chi connectivity index (χ4n) is 1.99. The van der Waals surface area contributed by atoms with Crippen molar-refractivity contribution in [1.82, 2.24) is 10.3 Å². The second-order valence-electron chi connectivity index (χ2n) is 4.47. The highest BCUT2D eigenvalue weighted by Gasteiger charge is 2.30. The van der Waals surface area contributed by atoms with E-state index in [0.717, 1.165) is 12.6 Å². The van der Waals surface area contributed by atoms with Gasteiger partial charge in [-0.2, -0.15) is 0 Å². The van der Waals surface area contributed by atoms with Crippen LogP contribution in [0, 0.1) is 6.92 Å². The number of thiazole rings is 1. The standard InChI is InChI=1S/C12H21N3S/c1-5-15(10-6-7-10)12-14-9(3)11(16-12)8(2)13-4/h8,10,13H,5-7H2,1-4H3. The maximum Gasteiger partial charge on any atom is 0.186 e. The zero-order chi connectivity index (χ0) is 11.7. The fourth-order valence-corrected chi connectivity index (χ4v) is 3.25. The molecule has 1 aromatic rings. The molecule has 1 unspecified atom stereocenters. The highest BCUT2D eigenvalue weighted by molar-refractivity contribution is 7.15. The van der Waals surface area contributed by atoms with Gasteiger partial charge in [0.15, 0.2) is 5.13 Å². The molecule has 1 saturated carbocycles. The van der Waals surface area contributed by atoms with Crippen molar-refractivity contribution < 1.29 is 0 Å². The van der Waals surface area contributed by atoms with E-state index in [1.165, 1.54) is 28.5 Å². The van der Waals surface area contributed by atoms with E-state index in [0.29, 0.717) is 6.04 Å². The van der Waals surface area contributed by atoms with Crippen molar-refractivity contribution in [3.05, 3.63) is 10.6 Å². The van der Waals surface area contributed by atoms with Gasteiger partial charge in [-0.3, -0.25) is 0 Å². The van der Waals surface area contributed by atoms with Crippen molar-refractivity contribution in [2.75, 3.05) is 18.5 Å². The summed E-state index contributed by atoms with van der Waals surface area (Å²) in [6, 6.07) is 1.16. The monoisotopic (exact) mass is 239 g/mol. The Kier molecular flexibility index (Phi) is 3.50. The lowest BCUT2D eigenvalue weighted by Crippen LogP contribution is -2.24. The number of aromatic nitrogens is 1. The molecular weight excluding hydrogens is 218 g/mol. The summed E-state index contributed by atoms with van der Waals surface area (Å²) in [5.74, 6) is 0. The SMILES string of the molecule is CCN(c1nc(C)c(C(C)NC)s1)C1CC1. The number of nitrogens with one attached hydrogen (secondary N) is 1. The molecule has 1 fully saturated rings. The minimum Gasteiger partial charge on any atom is -0.345 e. The van der Waals surface area contributed by atoms with Crippen LogP contribution >= 0.6 is 11.3 Å². The highest BCUT2D eigenvalue weighted by Crippen LogP contribution is 2.36. The normalized spacial score (nSPS) is 17.5. The summed E-state index contributed by atoms with van der Waals surface area (Å²) in [4.78, 5) is 8.54. The van der Waals surface area contributed by atoms with Gasteiger partial charge in [0.2, 0.25) is 0 Å². The average Bonchev–Trinajstić information content (AvgIpc) is 3.03. The molecule has 1 N–H and O–H groups in total. The van der Waals surface area contributed by atoms with Gasteiger partial charge in [0.1, 0.15) is 0 Å². The molecular formula is C12H21N3S. The summed E-state index contributed by atoms with van der Waals surface area (Å²) in [5, 5.41) is 4.50. The number of rotatable bonds is 5. The molecule has 3 nitrogen and oxygen atoms in total. The topological polar surface area (TPSA) is 28.2 Å². The van der Waals surface area contributed by atoms with Gasteiger partial charge in [-0.15, -0.1) is 11.3 Å². The molecule has 0 radical (unpaired) electrons. The van der Waals surface area contributed by atoms with Crippen molar-refractivity contribution >= 4 is 16.5 Å². The Bertz CT molecular complexity index is 357. The third kappa shape index (κ3) is 2.23. The smallest absolute Gasteiger partial charge is 0.186 e. The Hall–Kier alpha value is -0.610. The van der Waals surface area contributed by atoms with Crippen molar-refractivity contribution in [3.8, 4) is 0 Å². The van der Waals surface area contributed by atoms with E-state index in [9.17, 15) is 0 Å². The maximum absolute atomic E-state index is 4.72. The Morgan fingerprint density at radius 3 is 2.75 bits per heavy atom. The fraction of sp³-hybridized carbons (Fsp3) is 0.750. The number of hydrogen-bond donors (Lipinski definition) is 1. The molecule has 0 aliphatic heterocycles. The number of nitrogens with zero attached hydrogens (tertiary/aromatic N) is 2. The molecule has 0 spiro atoms. The summed E-state index contributed by atoms with van der Waals surface area (Å²) in [5.41, 5.74) is 1.18. The van der Waals surface area contributed by atoms with Crippen molar-refractivity contribution in [3.63, 3.8) is 0 Å². The molecule has 0 bridgehead atoms. The molecule has 1 heterocycles. The van der Waals surface area contributed by atoms with Crippen molar-refractivity contribution in [2.45, 2.75) is 45.7 Å². The third-order valence-corrected chi connectivity index (χ3v) is 4.60. The first-order valence-electron chi connectivity index (χ1n) is 6.08. The quantitative estimate of drug-likeness (QED) is 0.856. The average molecular weight is 239 g/mol. The summed E-state index contributed by atoms with van der Waals surface area (Å²) in [6.07, 6.45) is 2.67. The molecule has 0 saturated heterocycles. The first-order chi connectivity index (χ1) is 7.67. The lowest BCUT2D eigenvalue weighted by molar-refractivity contribution is 0.658. The Morgan fingerprint density at radius 2 is 2.25 bits per heavy atom. The van der Waals surface area contributed by atoms with Gasteiger partial charge in [-0.25, -0.2) is 4.98 Å². The van der Waals surface area contributed by atoms with Crippen LogP contribution in [0.3, 0.4) is 0 Å². The third-order valence-electron chi connectivity index (χ3n) is 3.22. The lowest BCUT2D eigenvalue weighted by atomic mass is 10.2. The van der Waals surface area contributed by atoms with Crippen LogP contribution in [0.1, 0.15) is 43.3 Å².